The number of piperidine rings is 1. The minimum Gasteiger partial charge on any atom is -0.353 e. The molecule has 104 valence electrons. The highest BCUT2D eigenvalue weighted by Gasteiger charge is 2.37. The van der Waals surface area contributed by atoms with Gasteiger partial charge in [-0.25, -0.2) is 0 Å². The Morgan fingerprint density at radius 3 is 2.78 bits per heavy atom. The van der Waals surface area contributed by atoms with Gasteiger partial charge in [0.1, 0.15) is 0 Å². The van der Waals surface area contributed by atoms with Crippen LogP contribution in [0.1, 0.15) is 65.2 Å². The van der Waals surface area contributed by atoms with Crippen molar-refractivity contribution in [1.29, 1.82) is 0 Å². The number of carbonyl (C=O) groups excluding carboxylic acids is 1. The number of rotatable bonds is 3. The molecule has 0 bridgehead atoms. The summed E-state index contributed by atoms with van der Waals surface area (Å²) in [6, 6.07) is 0.394. The molecule has 1 amide bonds. The van der Waals surface area contributed by atoms with Crippen LogP contribution in [0.4, 0.5) is 0 Å². The van der Waals surface area contributed by atoms with Crippen molar-refractivity contribution in [3.05, 3.63) is 0 Å². The van der Waals surface area contributed by atoms with Gasteiger partial charge in [-0.15, -0.1) is 0 Å². The van der Waals surface area contributed by atoms with E-state index in [2.05, 4.69) is 17.6 Å². The quantitative estimate of drug-likeness (QED) is 0.810. The van der Waals surface area contributed by atoms with Crippen LogP contribution in [0.2, 0.25) is 0 Å². The zero-order valence-electron chi connectivity index (χ0n) is 11.9. The molecule has 0 aromatic rings. The minimum atomic E-state index is 0.155. The topological polar surface area (TPSA) is 41.1 Å². The molecule has 2 unspecified atom stereocenters. The van der Waals surface area contributed by atoms with Crippen molar-refractivity contribution in [3.63, 3.8) is 0 Å². The second-order valence-electron chi connectivity index (χ2n) is 6.28. The maximum atomic E-state index is 12.0. The maximum Gasteiger partial charge on any atom is 0.223 e. The fraction of sp³-hybridized carbons (Fsp3) is 0.933. The lowest BCUT2D eigenvalue weighted by Crippen LogP contribution is -2.57. The summed E-state index contributed by atoms with van der Waals surface area (Å²) in [6.45, 7) is 5.16. The number of nitrogens with one attached hydrogen (secondary N) is 2. The molecule has 2 fully saturated rings. The number of amides is 1. The van der Waals surface area contributed by atoms with E-state index in [0.717, 1.165) is 25.8 Å². The summed E-state index contributed by atoms with van der Waals surface area (Å²) in [5.74, 6) is 0.401. The average Bonchev–Trinajstić information content (AvgIpc) is 2.38. The van der Waals surface area contributed by atoms with Gasteiger partial charge in [0.05, 0.1) is 0 Å². The Morgan fingerprint density at radius 1 is 1.39 bits per heavy atom. The summed E-state index contributed by atoms with van der Waals surface area (Å²) >= 11 is 0. The van der Waals surface area contributed by atoms with Crippen molar-refractivity contribution in [2.24, 2.45) is 5.92 Å². The van der Waals surface area contributed by atoms with Crippen LogP contribution in [0.3, 0.4) is 0 Å². The largest absolute Gasteiger partial charge is 0.353 e. The third-order valence-corrected chi connectivity index (χ3v) is 4.85. The first-order chi connectivity index (χ1) is 8.65. The first-order valence-electron chi connectivity index (χ1n) is 7.70. The van der Waals surface area contributed by atoms with E-state index in [1.807, 2.05) is 6.92 Å². The molecule has 1 spiro atoms. The second-order valence-corrected chi connectivity index (χ2v) is 6.28. The Bertz CT molecular complexity index is 279. The van der Waals surface area contributed by atoms with E-state index in [1.54, 1.807) is 0 Å². The van der Waals surface area contributed by atoms with E-state index in [4.69, 9.17) is 0 Å². The molecular formula is C15H28N2O. The summed E-state index contributed by atoms with van der Waals surface area (Å²) in [4.78, 5) is 12.0. The van der Waals surface area contributed by atoms with Gasteiger partial charge >= 0.3 is 0 Å². The molecule has 3 heteroatoms. The summed E-state index contributed by atoms with van der Waals surface area (Å²) in [6.07, 6.45) is 9.82. The molecule has 2 N–H and O–H groups in total. The van der Waals surface area contributed by atoms with Gasteiger partial charge < -0.3 is 10.6 Å². The Balaban J connectivity index is 1.88. The second kappa shape index (κ2) is 6.05. The van der Waals surface area contributed by atoms with Crippen molar-refractivity contribution < 1.29 is 4.79 Å². The van der Waals surface area contributed by atoms with Crippen molar-refractivity contribution in [1.82, 2.24) is 10.6 Å². The van der Waals surface area contributed by atoms with Crippen LogP contribution in [0.25, 0.3) is 0 Å². The maximum absolute atomic E-state index is 12.0. The molecule has 1 aliphatic carbocycles. The highest BCUT2D eigenvalue weighted by atomic mass is 16.1. The summed E-state index contributed by atoms with van der Waals surface area (Å²) in [5.41, 5.74) is 0.337. The van der Waals surface area contributed by atoms with Gasteiger partial charge in [-0.05, 0) is 38.6 Å². The van der Waals surface area contributed by atoms with E-state index in [9.17, 15) is 4.79 Å². The van der Waals surface area contributed by atoms with Gasteiger partial charge in [-0.2, -0.15) is 0 Å². The van der Waals surface area contributed by atoms with Crippen molar-refractivity contribution >= 4 is 5.91 Å². The first-order valence-corrected chi connectivity index (χ1v) is 7.70. The molecule has 18 heavy (non-hydrogen) atoms. The molecule has 3 nitrogen and oxygen atoms in total. The molecule has 0 aromatic heterocycles. The van der Waals surface area contributed by atoms with Crippen LogP contribution in [-0.2, 0) is 4.79 Å². The molecule has 1 saturated heterocycles. The van der Waals surface area contributed by atoms with Gasteiger partial charge in [0, 0.05) is 17.5 Å². The Morgan fingerprint density at radius 2 is 2.11 bits per heavy atom. The van der Waals surface area contributed by atoms with Gasteiger partial charge in [-0.1, -0.05) is 33.1 Å². The van der Waals surface area contributed by atoms with Gasteiger partial charge in [0.2, 0.25) is 5.91 Å². The number of carbonyl (C=O) groups is 1. The fourth-order valence-corrected chi connectivity index (χ4v) is 3.42. The minimum absolute atomic E-state index is 0.155. The lowest BCUT2D eigenvalue weighted by Gasteiger charge is -2.45. The smallest absolute Gasteiger partial charge is 0.223 e. The van der Waals surface area contributed by atoms with E-state index < -0.39 is 0 Å². The molecule has 2 aliphatic rings. The van der Waals surface area contributed by atoms with Crippen molar-refractivity contribution in [3.8, 4) is 0 Å². The molecule has 0 aromatic carbocycles. The highest BCUT2D eigenvalue weighted by molar-refractivity contribution is 5.78. The van der Waals surface area contributed by atoms with Crippen molar-refractivity contribution in [2.75, 3.05) is 6.54 Å². The standard InChI is InChI=1S/C15H28N2O/c1-3-12(2)14(18)17-13-7-10-16-15(11-13)8-5-4-6-9-15/h12-13,16H,3-11H2,1-2H3,(H,17,18). The average molecular weight is 252 g/mol. The van der Waals surface area contributed by atoms with Crippen LogP contribution in [0, 0.1) is 5.92 Å². The molecular weight excluding hydrogens is 224 g/mol. The highest BCUT2D eigenvalue weighted by Crippen LogP contribution is 2.34. The fourth-order valence-electron chi connectivity index (χ4n) is 3.42. The van der Waals surface area contributed by atoms with Gasteiger partial charge in [-0.3, -0.25) is 4.79 Å². The SMILES string of the molecule is CCC(C)C(=O)NC1CCNC2(CCCCC2)C1. The third-order valence-electron chi connectivity index (χ3n) is 4.85. The van der Waals surface area contributed by atoms with Crippen LogP contribution < -0.4 is 10.6 Å². The Kier molecular flexibility index (Phi) is 4.66. The monoisotopic (exact) mass is 252 g/mol. The Labute approximate surface area is 111 Å². The predicted octanol–water partition coefficient (Wildman–Crippen LogP) is 2.60. The molecule has 0 radical (unpaired) electrons. The Hall–Kier alpha value is -0.570. The normalized spacial score (nSPS) is 28.9. The lowest BCUT2D eigenvalue weighted by molar-refractivity contribution is -0.125. The summed E-state index contributed by atoms with van der Waals surface area (Å²) in [5, 5.41) is 6.99. The molecule has 1 saturated carbocycles. The van der Waals surface area contributed by atoms with Gasteiger partial charge in [0.15, 0.2) is 0 Å². The molecule has 1 heterocycles. The van der Waals surface area contributed by atoms with Crippen LogP contribution >= 0.6 is 0 Å². The zero-order valence-corrected chi connectivity index (χ0v) is 11.9. The van der Waals surface area contributed by atoms with E-state index in [-0.39, 0.29) is 11.8 Å². The summed E-state index contributed by atoms with van der Waals surface area (Å²) in [7, 11) is 0. The molecule has 2 rings (SSSR count). The van der Waals surface area contributed by atoms with E-state index in [0.29, 0.717) is 11.6 Å². The predicted molar refractivity (Wildman–Crippen MR) is 74.4 cm³/mol. The first kappa shape index (κ1) is 13.9. The zero-order chi connectivity index (χ0) is 13.0. The number of hydrogen-bond acceptors (Lipinski definition) is 2. The van der Waals surface area contributed by atoms with Crippen LogP contribution in [0.5, 0.6) is 0 Å². The molecule has 2 atom stereocenters. The third kappa shape index (κ3) is 3.25. The lowest BCUT2D eigenvalue weighted by atomic mass is 9.75. The van der Waals surface area contributed by atoms with Crippen LogP contribution in [0.15, 0.2) is 0 Å². The number of hydrogen-bond donors (Lipinski definition) is 2. The molecule has 1 aliphatic heterocycles. The summed E-state index contributed by atoms with van der Waals surface area (Å²) < 4.78 is 0. The van der Waals surface area contributed by atoms with E-state index in [1.165, 1.54) is 32.1 Å². The van der Waals surface area contributed by atoms with Crippen LogP contribution in [-0.4, -0.2) is 24.0 Å². The van der Waals surface area contributed by atoms with Crippen molar-refractivity contribution in [2.45, 2.75) is 76.8 Å². The van der Waals surface area contributed by atoms with Gasteiger partial charge in [0.25, 0.3) is 0 Å². The van der Waals surface area contributed by atoms with E-state index >= 15 is 0 Å².